The molecule has 0 bridgehead atoms. The Morgan fingerprint density at radius 3 is 2.34 bits per heavy atom. The predicted octanol–water partition coefficient (Wildman–Crippen LogP) is 3.74. The molecule has 6 nitrogen and oxygen atoms in total. The molecule has 0 amide bonds. The largest absolute Gasteiger partial charge is 0.457 e. The van der Waals surface area contributed by atoms with Gasteiger partial charge in [-0.05, 0) is 48.0 Å². The Balaban J connectivity index is 1.76. The molecule has 0 atom stereocenters. The number of carbonyl (C=O) groups is 1. The first kappa shape index (κ1) is 20.1. The molecule has 0 unspecified atom stereocenters. The molecule has 29 heavy (non-hydrogen) atoms. The number of para-hydroxylation sites is 1. The number of ether oxygens (including phenoxy) is 1. The Bertz CT molecular complexity index is 1150. The summed E-state index contributed by atoms with van der Waals surface area (Å²) in [4.78, 5) is 12.4. The molecule has 3 aromatic carbocycles. The van der Waals surface area contributed by atoms with Crippen molar-refractivity contribution in [3.8, 4) is 6.07 Å². The van der Waals surface area contributed by atoms with Crippen LogP contribution in [-0.4, -0.2) is 21.4 Å². The maximum Gasteiger partial charge on any atom is 0.338 e. The Hall–Kier alpha value is -3.63. The number of anilines is 1. The van der Waals surface area contributed by atoms with Gasteiger partial charge in [0, 0.05) is 7.05 Å². The molecule has 0 heterocycles. The lowest BCUT2D eigenvalue weighted by molar-refractivity contribution is 0.0472. The Morgan fingerprint density at radius 1 is 1.00 bits per heavy atom. The molecular formula is C22H18N2O4S. The molecule has 0 aliphatic carbocycles. The van der Waals surface area contributed by atoms with E-state index in [0.29, 0.717) is 11.3 Å². The molecule has 0 aliphatic heterocycles. The second kappa shape index (κ2) is 8.59. The summed E-state index contributed by atoms with van der Waals surface area (Å²) in [5.41, 5.74) is 1.90. The van der Waals surface area contributed by atoms with E-state index in [4.69, 9.17) is 10.00 Å². The fraction of sp³-hybridized carbons (Fsp3) is 0.0909. The normalized spacial score (nSPS) is 10.8. The highest BCUT2D eigenvalue weighted by molar-refractivity contribution is 7.92. The van der Waals surface area contributed by atoms with E-state index in [9.17, 15) is 13.2 Å². The van der Waals surface area contributed by atoms with Gasteiger partial charge in [-0.3, -0.25) is 4.31 Å². The number of hydrogen-bond acceptors (Lipinski definition) is 5. The molecule has 0 aromatic heterocycles. The van der Waals surface area contributed by atoms with E-state index in [1.165, 1.54) is 31.3 Å². The molecule has 0 saturated heterocycles. The van der Waals surface area contributed by atoms with Crippen LogP contribution in [0, 0.1) is 11.3 Å². The van der Waals surface area contributed by atoms with Crippen LogP contribution in [0.2, 0.25) is 0 Å². The summed E-state index contributed by atoms with van der Waals surface area (Å²) in [5, 5.41) is 8.81. The topological polar surface area (TPSA) is 87.5 Å². The minimum absolute atomic E-state index is 0.00308. The minimum atomic E-state index is -3.83. The molecule has 0 fully saturated rings. The zero-order chi connectivity index (χ0) is 20.9. The van der Waals surface area contributed by atoms with Crippen LogP contribution in [-0.2, 0) is 21.4 Å². The molecule has 0 saturated carbocycles. The number of nitrogens with zero attached hydrogens (tertiary/aromatic N) is 2. The number of hydrogen-bond donors (Lipinski definition) is 0. The van der Waals surface area contributed by atoms with Gasteiger partial charge < -0.3 is 4.74 Å². The average Bonchev–Trinajstić information content (AvgIpc) is 2.78. The van der Waals surface area contributed by atoms with Crippen molar-refractivity contribution >= 4 is 21.7 Å². The second-order valence-electron chi connectivity index (χ2n) is 6.22. The fourth-order valence-corrected chi connectivity index (χ4v) is 3.87. The van der Waals surface area contributed by atoms with E-state index >= 15 is 0 Å². The highest BCUT2D eigenvalue weighted by Crippen LogP contribution is 2.22. The standard InChI is InChI=1S/C22H18N2O4S/c1-24(20-7-3-2-4-8-20)29(26,27)21-9-5-6-19(14-21)22(25)28-16-18-12-10-17(15-23)11-13-18/h2-14H,16H2,1H3. The van der Waals surface area contributed by atoms with Gasteiger partial charge in [0.05, 0.1) is 27.8 Å². The number of benzene rings is 3. The number of rotatable bonds is 6. The molecule has 0 N–H and O–H groups in total. The van der Waals surface area contributed by atoms with Crippen molar-refractivity contribution in [2.75, 3.05) is 11.4 Å². The van der Waals surface area contributed by atoms with Crippen LogP contribution in [0.5, 0.6) is 0 Å². The highest BCUT2D eigenvalue weighted by atomic mass is 32.2. The van der Waals surface area contributed by atoms with Gasteiger partial charge in [0.15, 0.2) is 0 Å². The third-order valence-electron chi connectivity index (χ3n) is 4.30. The summed E-state index contributed by atoms with van der Waals surface area (Å²) in [7, 11) is -2.37. The van der Waals surface area contributed by atoms with Gasteiger partial charge in [0.25, 0.3) is 10.0 Å². The van der Waals surface area contributed by atoms with Crippen LogP contribution in [0.15, 0.2) is 83.8 Å². The first-order chi connectivity index (χ1) is 13.9. The van der Waals surface area contributed by atoms with Crippen molar-refractivity contribution in [3.05, 3.63) is 95.6 Å². The third kappa shape index (κ3) is 4.62. The summed E-state index contributed by atoms with van der Waals surface area (Å²) in [6.45, 7) is 0.0193. The quantitative estimate of drug-likeness (QED) is 0.582. The van der Waals surface area contributed by atoms with Gasteiger partial charge in [-0.15, -0.1) is 0 Å². The van der Waals surface area contributed by atoms with Gasteiger partial charge in [-0.2, -0.15) is 5.26 Å². The molecule has 3 aromatic rings. The van der Waals surface area contributed by atoms with E-state index in [-0.39, 0.29) is 17.1 Å². The number of carbonyl (C=O) groups excluding carboxylic acids is 1. The first-order valence-electron chi connectivity index (χ1n) is 8.72. The van der Waals surface area contributed by atoms with Crippen LogP contribution >= 0.6 is 0 Å². The maximum absolute atomic E-state index is 12.9. The summed E-state index contributed by atoms with van der Waals surface area (Å²) in [6, 6.07) is 23.1. The zero-order valence-electron chi connectivity index (χ0n) is 15.6. The van der Waals surface area contributed by atoms with E-state index in [1.807, 2.05) is 6.07 Å². The van der Waals surface area contributed by atoms with E-state index in [1.54, 1.807) is 54.6 Å². The van der Waals surface area contributed by atoms with Gasteiger partial charge in [-0.1, -0.05) is 36.4 Å². The van der Waals surface area contributed by atoms with Gasteiger partial charge in [-0.25, -0.2) is 13.2 Å². The molecular weight excluding hydrogens is 388 g/mol. The van der Waals surface area contributed by atoms with Crippen molar-refractivity contribution in [2.45, 2.75) is 11.5 Å². The minimum Gasteiger partial charge on any atom is -0.457 e. The zero-order valence-corrected chi connectivity index (χ0v) is 16.5. The Labute approximate surface area is 169 Å². The second-order valence-corrected chi connectivity index (χ2v) is 8.19. The van der Waals surface area contributed by atoms with Crippen molar-refractivity contribution < 1.29 is 17.9 Å². The van der Waals surface area contributed by atoms with Crippen molar-refractivity contribution in [1.29, 1.82) is 5.26 Å². The lowest BCUT2D eigenvalue weighted by atomic mass is 10.1. The van der Waals surface area contributed by atoms with E-state index in [2.05, 4.69) is 0 Å². The Kier molecular flexibility index (Phi) is 5.96. The van der Waals surface area contributed by atoms with E-state index in [0.717, 1.165) is 9.87 Å². The van der Waals surface area contributed by atoms with Crippen LogP contribution in [0.4, 0.5) is 5.69 Å². The SMILES string of the molecule is CN(c1ccccc1)S(=O)(=O)c1cccc(C(=O)OCc2ccc(C#N)cc2)c1. The predicted molar refractivity (Wildman–Crippen MR) is 109 cm³/mol. The van der Waals surface area contributed by atoms with Gasteiger partial charge in [0.2, 0.25) is 0 Å². The molecule has 7 heteroatoms. The van der Waals surface area contributed by atoms with Crippen molar-refractivity contribution in [1.82, 2.24) is 0 Å². The monoisotopic (exact) mass is 406 g/mol. The van der Waals surface area contributed by atoms with Crippen LogP contribution in [0.25, 0.3) is 0 Å². The fourth-order valence-electron chi connectivity index (χ4n) is 2.63. The molecule has 146 valence electrons. The number of sulfonamides is 1. The highest BCUT2D eigenvalue weighted by Gasteiger charge is 2.22. The Morgan fingerprint density at radius 2 is 1.69 bits per heavy atom. The maximum atomic E-state index is 12.9. The summed E-state index contributed by atoms with van der Waals surface area (Å²) in [6.07, 6.45) is 0. The molecule has 0 spiro atoms. The van der Waals surface area contributed by atoms with Crippen molar-refractivity contribution in [2.24, 2.45) is 0 Å². The lowest BCUT2D eigenvalue weighted by Crippen LogP contribution is -2.26. The smallest absolute Gasteiger partial charge is 0.338 e. The summed E-state index contributed by atoms with van der Waals surface area (Å²) >= 11 is 0. The van der Waals surface area contributed by atoms with E-state index < -0.39 is 16.0 Å². The van der Waals surface area contributed by atoms with Crippen LogP contribution < -0.4 is 4.31 Å². The van der Waals surface area contributed by atoms with Crippen molar-refractivity contribution in [3.63, 3.8) is 0 Å². The van der Waals surface area contributed by atoms with Crippen LogP contribution in [0.3, 0.4) is 0 Å². The van der Waals surface area contributed by atoms with Gasteiger partial charge in [0.1, 0.15) is 6.61 Å². The summed E-state index contributed by atoms with van der Waals surface area (Å²) < 4.78 is 32.2. The lowest BCUT2D eigenvalue weighted by Gasteiger charge is -2.19. The average molecular weight is 406 g/mol. The van der Waals surface area contributed by atoms with Crippen LogP contribution in [0.1, 0.15) is 21.5 Å². The van der Waals surface area contributed by atoms with Gasteiger partial charge >= 0.3 is 5.97 Å². The molecule has 0 aliphatic rings. The third-order valence-corrected chi connectivity index (χ3v) is 6.08. The molecule has 3 rings (SSSR count). The number of nitriles is 1. The molecule has 0 radical (unpaired) electrons. The first-order valence-corrected chi connectivity index (χ1v) is 10.2. The summed E-state index contributed by atoms with van der Waals surface area (Å²) in [5.74, 6) is -0.631. The number of esters is 1.